The van der Waals surface area contributed by atoms with Crippen LogP contribution in [-0.4, -0.2) is 36.5 Å². The van der Waals surface area contributed by atoms with Crippen molar-refractivity contribution in [3.05, 3.63) is 50.7 Å². The molecule has 1 fully saturated rings. The molecule has 11 heteroatoms. The molecule has 0 atom stereocenters. The summed E-state index contributed by atoms with van der Waals surface area (Å²) in [5.74, 6) is -0.635. The van der Waals surface area contributed by atoms with Crippen LogP contribution in [0.4, 0.5) is 11.5 Å². The Kier molecular flexibility index (Phi) is 8.32. The molecule has 4 N–H and O–H groups in total. The van der Waals surface area contributed by atoms with Crippen LogP contribution in [-0.2, 0) is 16.6 Å². The Morgan fingerprint density at radius 2 is 1.88 bits per heavy atom. The second-order valence-corrected chi connectivity index (χ2v) is 10.3. The zero-order valence-corrected chi connectivity index (χ0v) is 20.5. The number of carbonyl (C=O) groups is 1. The van der Waals surface area contributed by atoms with E-state index in [9.17, 15) is 22.8 Å². The molecule has 1 saturated carbocycles. The zero-order chi connectivity index (χ0) is 24.9. The number of sulfonamides is 1. The quantitative estimate of drug-likeness (QED) is 0.388. The fraction of sp³-hybridized carbons (Fsp3) is 0.522. The van der Waals surface area contributed by atoms with Gasteiger partial charge in [-0.1, -0.05) is 39.2 Å². The maximum absolute atomic E-state index is 13.6. The standard InChI is InChI=1S/C23H33N5O5S/c1-3-5-7-14-27(19-20(24)28(13-6-4-2)23(31)25-21(19)29)22(30)16-9-8-10-18(15-16)34(32,33)26-17-11-12-17/h8-10,15,17,26H,3-7,11-14,24H2,1-2H3,(H,25,29,31). The van der Waals surface area contributed by atoms with Crippen molar-refractivity contribution in [2.75, 3.05) is 17.2 Å². The van der Waals surface area contributed by atoms with E-state index in [-0.39, 0.29) is 34.6 Å². The van der Waals surface area contributed by atoms with Gasteiger partial charge < -0.3 is 10.6 Å². The van der Waals surface area contributed by atoms with Crippen LogP contribution in [0.1, 0.15) is 69.2 Å². The van der Waals surface area contributed by atoms with E-state index in [1.54, 1.807) is 0 Å². The number of hydrogen-bond donors (Lipinski definition) is 3. The van der Waals surface area contributed by atoms with Gasteiger partial charge in [-0.25, -0.2) is 17.9 Å². The molecule has 3 rings (SSSR count). The van der Waals surface area contributed by atoms with Crippen molar-refractivity contribution in [3.63, 3.8) is 0 Å². The number of aromatic amines is 1. The van der Waals surface area contributed by atoms with E-state index in [4.69, 9.17) is 5.73 Å². The summed E-state index contributed by atoms with van der Waals surface area (Å²) in [5, 5.41) is 0. The Balaban J connectivity index is 2.03. The van der Waals surface area contributed by atoms with Crippen molar-refractivity contribution in [2.24, 2.45) is 0 Å². The Hall–Kier alpha value is -2.92. The van der Waals surface area contributed by atoms with Gasteiger partial charge in [0.2, 0.25) is 10.0 Å². The molecule has 34 heavy (non-hydrogen) atoms. The molecule has 1 aliphatic carbocycles. The SMILES string of the molecule is CCCCCN(C(=O)c1cccc(S(=O)(=O)NC2CC2)c1)c1c(N)n(CCCC)c(=O)[nH]c1=O. The number of unbranched alkanes of at least 4 members (excludes halogenated alkanes) is 3. The first-order valence-electron chi connectivity index (χ1n) is 11.8. The molecule has 1 aromatic heterocycles. The van der Waals surface area contributed by atoms with Crippen LogP contribution in [0, 0.1) is 0 Å². The highest BCUT2D eigenvalue weighted by molar-refractivity contribution is 7.89. The van der Waals surface area contributed by atoms with Crippen LogP contribution in [0.3, 0.4) is 0 Å². The van der Waals surface area contributed by atoms with E-state index >= 15 is 0 Å². The van der Waals surface area contributed by atoms with Crippen molar-refractivity contribution in [1.82, 2.24) is 14.3 Å². The molecular formula is C23H33N5O5S. The van der Waals surface area contributed by atoms with Gasteiger partial charge in [-0.05, 0) is 43.9 Å². The van der Waals surface area contributed by atoms with Crippen molar-refractivity contribution >= 4 is 27.4 Å². The Morgan fingerprint density at radius 3 is 2.53 bits per heavy atom. The number of amides is 1. The highest BCUT2D eigenvalue weighted by Gasteiger charge is 2.29. The van der Waals surface area contributed by atoms with Gasteiger partial charge in [0, 0.05) is 24.7 Å². The minimum atomic E-state index is -3.76. The Bertz CT molecular complexity index is 1250. The molecule has 0 unspecified atom stereocenters. The van der Waals surface area contributed by atoms with E-state index < -0.39 is 27.2 Å². The number of nitrogens with two attached hydrogens (primary N) is 1. The van der Waals surface area contributed by atoms with Crippen molar-refractivity contribution in [3.8, 4) is 0 Å². The van der Waals surface area contributed by atoms with Gasteiger partial charge in [-0.2, -0.15) is 0 Å². The minimum Gasteiger partial charge on any atom is -0.383 e. The van der Waals surface area contributed by atoms with Crippen LogP contribution >= 0.6 is 0 Å². The van der Waals surface area contributed by atoms with E-state index in [0.717, 1.165) is 32.1 Å². The molecule has 1 aromatic carbocycles. The lowest BCUT2D eigenvalue weighted by molar-refractivity contribution is 0.0986. The number of H-pyrrole nitrogens is 1. The van der Waals surface area contributed by atoms with Gasteiger partial charge in [0.25, 0.3) is 11.5 Å². The molecule has 0 saturated heterocycles. The van der Waals surface area contributed by atoms with Crippen molar-refractivity contribution in [2.45, 2.75) is 76.3 Å². The monoisotopic (exact) mass is 491 g/mol. The summed E-state index contributed by atoms with van der Waals surface area (Å²) in [4.78, 5) is 42.2. The number of nitrogen functional groups attached to an aromatic ring is 1. The zero-order valence-electron chi connectivity index (χ0n) is 19.7. The molecule has 0 radical (unpaired) electrons. The second-order valence-electron chi connectivity index (χ2n) is 8.59. The van der Waals surface area contributed by atoms with Crippen molar-refractivity contribution in [1.29, 1.82) is 0 Å². The maximum Gasteiger partial charge on any atom is 0.330 e. The lowest BCUT2D eigenvalue weighted by Gasteiger charge is -2.25. The molecule has 1 heterocycles. The van der Waals surface area contributed by atoms with Crippen LogP contribution in [0.2, 0.25) is 0 Å². The van der Waals surface area contributed by atoms with E-state index in [1.165, 1.54) is 33.7 Å². The lowest BCUT2D eigenvalue weighted by atomic mass is 10.1. The van der Waals surface area contributed by atoms with Crippen LogP contribution < -0.4 is 26.6 Å². The molecule has 0 spiro atoms. The molecule has 0 aliphatic heterocycles. The average Bonchev–Trinajstić information content (AvgIpc) is 3.61. The Morgan fingerprint density at radius 1 is 1.18 bits per heavy atom. The van der Waals surface area contributed by atoms with Crippen LogP contribution in [0.5, 0.6) is 0 Å². The number of nitrogens with zero attached hydrogens (tertiary/aromatic N) is 2. The number of aromatic nitrogens is 2. The van der Waals surface area contributed by atoms with Gasteiger partial charge >= 0.3 is 5.69 Å². The fourth-order valence-electron chi connectivity index (χ4n) is 3.65. The van der Waals surface area contributed by atoms with Gasteiger partial charge in [-0.3, -0.25) is 19.1 Å². The first-order valence-corrected chi connectivity index (χ1v) is 13.2. The molecule has 1 amide bonds. The number of carbonyl (C=O) groups excluding carboxylic acids is 1. The van der Waals surface area contributed by atoms with Gasteiger partial charge in [0.15, 0.2) is 5.69 Å². The summed E-state index contributed by atoms with van der Waals surface area (Å²) in [7, 11) is -3.76. The first-order chi connectivity index (χ1) is 16.2. The highest BCUT2D eigenvalue weighted by atomic mass is 32.2. The maximum atomic E-state index is 13.6. The summed E-state index contributed by atoms with van der Waals surface area (Å²) >= 11 is 0. The fourth-order valence-corrected chi connectivity index (χ4v) is 5.00. The summed E-state index contributed by atoms with van der Waals surface area (Å²) in [5.41, 5.74) is 4.89. The molecule has 10 nitrogen and oxygen atoms in total. The predicted octanol–water partition coefficient (Wildman–Crippen LogP) is 2.20. The third-order valence-corrected chi connectivity index (χ3v) is 7.26. The molecular weight excluding hydrogens is 458 g/mol. The van der Waals surface area contributed by atoms with E-state index in [0.29, 0.717) is 19.4 Å². The van der Waals surface area contributed by atoms with Crippen molar-refractivity contribution < 1.29 is 13.2 Å². The number of hydrogen-bond acceptors (Lipinski definition) is 6. The van der Waals surface area contributed by atoms with Crippen LogP contribution in [0.15, 0.2) is 38.8 Å². The topological polar surface area (TPSA) is 147 Å². The number of nitrogens with one attached hydrogen (secondary N) is 2. The number of rotatable bonds is 12. The normalized spacial score (nSPS) is 13.7. The Labute approximate surface area is 199 Å². The summed E-state index contributed by atoms with van der Waals surface area (Å²) < 4.78 is 29.2. The molecule has 0 bridgehead atoms. The summed E-state index contributed by atoms with van der Waals surface area (Å²) in [6, 6.07) is 5.65. The van der Waals surface area contributed by atoms with E-state index in [2.05, 4.69) is 9.71 Å². The lowest BCUT2D eigenvalue weighted by Crippen LogP contribution is -2.41. The molecule has 2 aromatic rings. The summed E-state index contributed by atoms with van der Waals surface area (Å²) in [6.07, 6.45) is 5.39. The number of anilines is 2. The molecule has 1 aliphatic rings. The van der Waals surface area contributed by atoms with Crippen LogP contribution in [0.25, 0.3) is 0 Å². The van der Waals surface area contributed by atoms with Gasteiger partial charge in [0.1, 0.15) is 5.82 Å². The smallest absolute Gasteiger partial charge is 0.330 e. The van der Waals surface area contributed by atoms with E-state index in [1.807, 2.05) is 13.8 Å². The largest absolute Gasteiger partial charge is 0.383 e. The minimum absolute atomic E-state index is 0.0199. The average molecular weight is 492 g/mol. The first kappa shape index (κ1) is 25.7. The predicted molar refractivity (Wildman–Crippen MR) is 132 cm³/mol. The summed E-state index contributed by atoms with van der Waals surface area (Å²) in [6.45, 7) is 4.48. The molecule has 186 valence electrons. The third kappa shape index (κ3) is 5.95. The van der Waals surface area contributed by atoms with Gasteiger partial charge in [-0.15, -0.1) is 0 Å². The highest BCUT2D eigenvalue weighted by Crippen LogP contribution is 2.24. The number of benzene rings is 1. The third-order valence-electron chi connectivity index (χ3n) is 5.74. The second kappa shape index (κ2) is 11.0. The van der Waals surface area contributed by atoms with Gasteiger partial charge in [0.05, 0.1) is 4.90 Å².